The number of benzene rings is 1. The highest BCUT2D eigenvalue weighted by atomic mass is 32.1. The van der Waals surface area contributed by atoms with E-state index in [1.54, 1.807) is 24.4 Å². The molecule has 7 heteroatoms. The number of nitrogens with zero attached hydrogens (tertiary/aromatic N) is 1. The number of hydrogen-bond donors (Lipinski definition) is 3. The molecule has 3 rings (SSSR count). The van der Waals surface area contributed by atoms with Gasteiger partial charge in [-0.05, 0) is 25.0 Å². The van der Waals surface area contributed by atoms with E-state index in [9.17, 15) is 4.79 Å². The Kier molecular flexibility index (Phi) is 3.66. The molecular formula is C14H16N4O2S. The quantitative estimate of drug-likeness (QED) is 0.751. The third kappa shape index (κ3) is 2.92. The second kappa shape index (κ2) is 5.61. The van der Waals surface area contributed by atoms with Gasteiger partial charge in [0, 0.05) is 17.5 Å². The van der Waals surface area contributed by atoms with Gasteiger partial charge in [-0.25, -0.2) is 4.98 Å². The third-order valence-corrected chi connectivity index (χ3v) is 4.21. The molecule has 1 fully saturated rings. The van der Waals surface area contributed by atoms with Gasteiger partial charge in [-0.15, -0.1) is 11.3 Å². The van der Waals surface area contributed by atoms with E-state index >= 15 is 0 Å². The number of ether oxygens (including phenoxy) is 1. The number of anilines is 3. The highest BCUT2D eigenvalue weighted by Gasteiger charge is 2.36. The molecule has 0 aliphatic heterocycles. The Morgan fingerprint density at radius 1 is 1.38 bits per heavy atom. The first-order valence-electron chi connectivity index (χ1n) is 6.64. The minimum absolute atomic E-state index is 0.00106. The number of carbonyl (C=O) groups excluding carboxylic acids is 1. The number of aromatic nitrogens is 1. The Bertz CT molecular complexity index is 638. The maximum absolute atomic E-state index is 12.0. The monoisotopic (exact) mass is 304 g/mol. The van der Waals surface area contributed by atoms with Crippen molar-refractivity contribution in [2.45, 2.75) is 18.9 Å². The van der Waals surface area contributed by atoms with Crippen molar-refractivity contribution in [1.82, 2.24) is 4.98 Å². The summed E-state index contributed by atoms with van der Waals surface area (Å²) in [4.78, 5) is 16.0. The van der Waals surface area contributed by atoms with E-state index in [0.717, 1.165) is 0 Å². The molecule has 1 aromatic heterocycles. The van der Waals surface area contributed by atoms with Crippen LogP contribution in [0.3, 0.4) is 0 Å². The first-order chi connectivity index (χ1) is 10.1. The smallest absolute Gasteiger partial charge is 0.229 e. The SMILES string of the molecule is Nc1cccc(O[C@H]2C[C@H](C(=O)Nc3nccs3)C2)c1N. The predicted molar refractivity (Wildman–Crippen MR) is 83.2 cm³/mol. The van der Waals surface area contributed by atoms with Crippen LogP contribution in [0.2, 0.25) is 0 Å². The maximum atomic E-state index is 12.0. The van der Waals surface area contributed by atoms with E-state index < -0.39 is 0 Å². The summed E-state index contributed by atoms with van der Waals surface area (Å²) in [5.41, 5.74) is 12.5. The van der Waals surface area contributed by atoms with Crippen molar-refractivity contribution in [3.63, 3.8) is 0 Å². The van der Waals surface area contributed by atoms with Gasteiger partial charge in [0.05, 0.1) is 11.4 Å². The minimum Gasteiger partial charge on any atom is -0.488 e. The van der Waals surface area contributed by atoms with E-state index in [-0.39, 0.29) is 17.9 Å². The molecule has 110 valence electrons. The Balaban J connectivity index is 1.51. The second-order valence-corrected chi connectivity index (χ2v) is 5.89. The van der Waals surface area contributed by atoms with Crippen molar-refractivity contribution in [2.75, 3.05) is 16.8 Å². The fraction of sp³-hybridized carbons (Fsp3) is 0.286. The normalized spacial score (nSPS) is 20.6. The summed E-state index contributed by atoms with van der Waals surface area (Å²) in [6.45, 7) is 0. The van der Waals surface area contributed by atoms with Crippen LogP contribution in [0, 0.1) is 5.92 Å². The summed E-state index contributed by atoms with van der Waals surface area (Å²) in [5.74, 6) is 0.533. The molecule has 2 aromatic rings. The molecule has 1 aliphatic rings. The van der Waals surface area contributed by atoms with E-state index in [4.69, 9.17) is 16.2 Å². The van der Waals surface area contributed by atoms with Crippen LogP contribution in [0.5, 0.6) is 5.75 Å². The number of para-hydroxylation sites is 1. The number of carbonyl (C=O) groups is 1. The Labute approximate surface area is 126 Å². The van der Waals surface area contributed by atoms with Crippen molar-refractivity contribution in [1.29, 1.82) is 0 Å². The van der Waals surface area contributed by atoms with Crippen molar-refractivity contribution in [3.8, 4) is 5.75 Å². The van der Waals surface area contributed by atoms with Gasteiger partial charge in [0.2, 0.25) is 5.91 Å². The van der Waals surface area contributed by atoms with Crippen LogP contribution in [0.1, 0.15) is 12.8 Å². The zero-order valence-corrected chi connectivity index (χ0v) is 12.1. The molecule has 0 unspecified atom stereocenters. The van der Waals surface area contributed by atoms with E-state index in [1.165, 1.54) is 11.3 Å². The zero-order chi connectivity index (χ0) is 14.8. The van der Waals surface area contributed by atoms with Crippen molar-refractivity contribution in [2.24, 2.45) is 5.92 Å². The molecule has 0 bridgehead atoms. The lowest BCUT2D eigenvalue weighted by atomic mass is 9.81. The van der Waals surface area contributed by atoms with Crippen LogP contribution in [-0.4, -0.2) is 17.0 Å². The standard InChI is InChI=1S/C14H16N4O2S/c15-10-2-1-3-11(12(10)16)20-9-6-8(7-9)13(19)18-14-17-4-5-21-14/h1-5,8-9H,6-7,15-16H2,(H,17,18,19)/t8-,9-. The molecule has 21 heavy (non-hydrogen) atoms. The maximum Gasteiger partial charge on any atom is 0.229 e. The average Bonchev–Trinajstić information content (AvgIpc) is 2.90. The molecule has 1 amide bonds. The molecule has 1 heterocycles. The largest absolute Gasteiger partial charge is 0.488 e. The van der Waals surface area contributed by atoms with E-state index in [2.05, 4.69) is 10.3 Å². The number of thiazole rings is 1. The first-order valence-corrected chi connectivity index (χ1v) is 7.52. The molecule has 0 atom stereocenters. The van der Waals surface area contributed by atoms with E-state index in [0.29, 0.717) is 35.1 Å². The molecule has 1 aromatic carbocycles. The molecule has 0 saturated heterocycles. The predicted octanol–water partition coefficient (Wildman–Crippen LogP) is 2.10. The number of nitrogen functional groups attached to an aromatic ring is 2. The number of nitrogens with two attached hydrogens (primary N) is 2. The van der Waals surface area contributed by atoms with Gasteiger partial charge in [0.1, 0.15) is 11.9 Å². The van der Waals surface area contributed by atoms with Crippen molar-refractivity contribution in [3.05, 3.63) is 29.8 Å². The van der Waals surface area contributed by atoms with Gasteiger partial charge in [0.25, 0.3) is 0 Å². The molecule has 1 saturated carbocycles. The molecule has 1 aliphatic carbocycles. The summed E-state index contributed by atoms with van der Waals surface area (Å²) >= 11 is 1.41. The minimum atomic E-state index is -0.0406. The van der Waals surface area contributed by atoms with Crippen molar-refractivity contribution < 1.29 is 9.53 Å². The highest BCUT2D eigenvalue weighted by molar-refractivity contribution is 7.13. The van der Waals surface area contributed by atoms with Crippen LogP contribution in [-0.2, 0) is 4.79 Å². The lowest BCUT2D eigenvalue weighted by Crippen LogP contribution is -2.40. The average molecular weight is 304 g/mol. The number of rotatable bonds is 4. The number of amides is 1. The molecule has 0 radical (unpaired) electrons. The van der Waals surface area contributed by atoms with Gasteiger partial charge in [-0.2, -0.15) is 0 Å². The van der Waals surface area contributed by atoms with Crippen LogP contribution in [0.4, 0.5) is 16.5 Å². The van der Waals surface area contributed by atoms with E-state index in [1.807, 2.05) is 5.38 Å². The Morgan fingerprint density at radius 2 is 2.19 bits per heavy atom. The summed E-state index contributed by atoms with van der Waals surface area (Å²) in [5, 5.41) is 5.25. The molecule has 5 N–H and O–H groups in total. The molecule has 0 spiro atoms. The third-order valence-electron chi connectivity index (χ3n) is 3.52. The van der Waals surface area contributed by atoms with Crippen LogP contribution >= 0.6 is 11.3 Å². The topological polar surface area (TPSA) is 103 Å². The van der Waals surface area contributed by atoms with Gasteiger partial charge in [-0.3, -0.25) is 4.79 Å². The summed E-state index contributed by atoms with van der Waals surface area (Å²) < 4.78 is 5.78. The summed E-state index contributed by atoms with van der Waals surface area (Å²) in [6.07, 6.45) is 3.01. The first kappa shape index (κ1) is 13.7. The van der Waals surface area contributed by atoms with Gasteiger partial charge in [-0.1, -0.05) is 6.07 Å². The van der Waals surface area contributed by atoms with Crippen LogP contribution in [0.25, 0.3) is 0 Å². The Morgan fingerprint density at radius 3 is 2.90 bits per heavy atom. The molecular weight excluding hydrogens is 288 g/mol. The van der Waals surface area contributed by atoms with Crippen LogP contribution < -0.4 is 21.5 Å². The zero-order valence-electron chi connectivity index (χ0n) is 11.3. The summed E-state index contributed by atoms with van der Waals surface area (Å²) in [7, 11) is 0. The Hall–Kier alpha value is -2.28. The van der Waals surface area contributed by atoms with Gasteiger partial charge in [0.15, 0.2) is 5.13 Å². The second-order valence-electron chi connectivity index (χ2n) is 4.99. The fourth-order valence-corrected chi connectivity index (χ4v) is 2.74. The highest BCUT2D eigenvalue weighted by Crippen LogP contribution is 2.35. The fourth-order valence-electron chi connectivity index (χ4n) is 2.21. The van der Waals surface area contributed by atoms with Crippen LogP contribution in [0.15, 0.2) is 29.8 Å². The lowest BCUT2D eigenvalue weighted by molar-refractivity contribution is -0.125. The van der Waals surface area contributed by atoms with Gasteiger partial charge < -0.3 is 21.5 Å². The molecule has 6 nitrogen and oxygen atoms in total. The number of hydrogen-bond acceptors (Lipinski definition) is 6. The lowest BCUT2D eigenvalue weighted by Gasteiger charge is -2.34. The number of nitrogens with one attached hydrogen (secondary N) is 1. The summed E-state index contributed by atoms with van der Waals surface area (Å²) in [6, 6.07) is 5.31. The van der Waals surface area contributed by atoms with Crippen molar-refractivity contribution >= 4 is 33.8 Å². The van der Waals surface area contributed by atoms with Gasteiger partial charge >= 0.3 is 0 Å².